The van der Waals surface area contributed by atoms with Gasteiger partial charge in [0.1, 0.15) is 11.2 Å². The first-order chi connectivity index (χ1) is 28.2. The summed E-state index contributed by atoms with van der Waals surface area (Å²) in [6, 6.07) is 69.5. The molecule has 3 heterocycles. The number of nitrogens with zero attached hydrogens (tertiary/aromatic N) is 3. The smallest absolute Gasteiger partial charge is 0.160 e. The van der Waals surface area contributed by atoms with Crippen molar-refractivity contribution in [3.63, 3.8) is 0 Å². The first-order valence-electron chi connectivity index (χ1n) is 19.2. The molecule has 8 aromatic carbocycles. The second-order valence-electron chi connectivity index (χ2n) is 14.3. The zero-order valence-electron chi connectivity index (χ0n) is 30.8. The van der Waals surface area contributed by atoms with E-state index in [0.29, 0.717) is 5.82 Å². The number of para-hydroxylation sites is 2. The highest BCUT2D eigenvalue weighted by Crippen LogP contribution is 2.46. The van der Waals surface area contributed by atoms with Crippen molar-refractivity contribution in [3.05, 3.63) is 200 Å². The van der Waals surface area contributed by atoms with E-state index in [2.05, 4.69) is 164 Å². The number of rotatable bonds is 6. The molecule has 0 atom stereocenters. The van der Waals surface area contributed by atoms with Crippen molar-refractivity contribution in [2.24, 2.45) is 0 Å². The van der Waals surface area contributed by atoms with Crippen molar-refractivity contribution in [2.75, 3.05) is 0 Å². The molecule has 0 unspecified atom stereocenters. The van der Waals surface area contributed by atoms with Gasteiger partial charge in [-0.15, -0.1) is 0 Å². The van der Waals surface area contributed by atoms with E-state index in [4.69, 9.17) is 19.4 Å². The van der Waals surface area contributed by atoms with Crippen molar-refractivity contribution in [3.8, 4) is 67.4 Å². The lowest BCUT2D eigenvalue weighted by Gasteiger charge is -2.14. The van der Waals surface area contributed by atoms with Gasteiger partial charge < -0.3 is 4.42 Å². The first kappa shape index (κ1) is 32.7. The molecule has 4 nitrogen and oxygen atoms in total. The predicted octanol–water partition coefficient (Wildman–Crippen LogP) is 14.1. The monoisotopic (exact) mass is 727 g/mol. The molecule has 3 aromatic heterocycles. The molecule has 0 radical (unpaired) electrons. The summed E-state index contributed by atoms with van der Waals surface area (Å²) in [7, 11) is 0. The third kappa shape index (κ3) is 5.74. The Labute approximate surface area is 329 Å². The first-order valence-corrected chi connectivity index (χ1v) is 19.2. The predicted molar refractivity (Wildman–Crippen MR) is 235 cm³/mol. The van der Waals surface area contributed by atoms with Gasteiger partial charge in [0.25, 0.3) is 0 Å². The van der Waals surface area contributed by atoms with Crippen LogP contribution >= 0.6 is 0 Å². The van der Waals surface area contributed by atoms with Crippen LogP contribution < -0.4 is 0 Å². The van der Waals surface area contributed by atoms with Gasteiger partial charge in [0.05, 0.1) is 22.6 Å². The van der Waals surface area contributed by atoms with Crippen molar-refractivity contribution in [1.82, 2.24) is 15.0 Å². The molecule has 0 bridgehead atoms. The van der Waals surface area contributed by atoms with Crippen LogP contribution in [0.15, 0.2) is 205 Å². The van der Waals surface area contributed by atoms with Gasteiger partial charge in [-0.25, -0.2) is 15.0 Å². The van der Waals surface area contributed by atoms with Crippen molar-refractivity contribution < 1.29 is 4.42 Å². The zero-order chi connectivity index (χ0) is 37.7. The average molecular weight is 728 g/mol. The third-order valence-electron chi connectivity index (χ3n) is 10.9. The molecular weight excluding hydrogens is 695 g/mol. The Morgan fingerprint density at radius 2 is 0.877 bits per heavy atom. The number of aromatic nitrogens is 3. The summed E-state index contributed by atoms with van der Waals surface area (Å²) in [6.07, 6.45) is 0. The third-order valence-corrected chi connectivity index (χ3v) is 10.9. The van der Waals surface area contributed by atoms with E-state index in [-0.39, 0.29) is 0 Å². The van der Waals surface area contributed by atoms with E-state index in [1.807, 2.05) is 36.4 Å². The van der Waals surface area contributed by atoms with Gasteiger partial charge in [-0.1, -0.05) is 170 Å². The molecular formula is C53H33N3O. The van der Waals surface area contributed by atoms with Crippen LogP contribution in [0.1, 0.15) is 0 Å². The number of fused-ring (bicyclic) bond motifs is 7. The SMILES string of the molecule is c1ccc(-c2ccc(-c3cc(-c4ccccc4)nc(-c4cccc(-c5cc6c(-c7ccccc7)nc7ccccc7c6c6c5oc5ccccc56)c4)n3)cc2)cc1. The summed E-state index contributed by atoms with van der Waals surface area (Å²) in [4.78, 5) is 15.7. The molecule has 57 heavy (non-hydrogen) atoms. The van der Waals surface area contributed by atoms with Gasteiger partial charge >= 0.3 is 0 Å². The maximum absolute atomic E-state index is 6.83. The molecule has 0 fully saturated rings. The fraction of sp³-hybridized carbons (Fsp3) is 0. The van der Waals surface area contributed by atoms with Crippen LogP contribution in [-0.4, -0.2) is 15.0 Å². The maximum Gasteiger partial charge on any atom is 0.160 e. The minimum absolute atomic E-state index is 0.652. The number of hydrogen-bond donors (Lipinski definition) is 0. The number of furan rings is 1. The molecule has 11 rings (SSSR count). The maximum atomic E-state index is 6.83. The van der Waals surface area contributed by atoms with Crippen LogP contribution in [0.5, 0.6) is 0 Å². The molecule has 0 N–H and O–H groups in total. The van der Waals surface area contributed by atoms with E-state index in [1.54, 1.807) is 0 Å². The summed E-state index contributed by atoms with van der Waals surface area (Å²) in [5.41, 5.74) is 13.7. The molecule has 0 aliphatic carbocycles. The van der Waals surface area contributed by atoms with E-state index in [9.17, 15) is 0 Å². The largest absolute Gasteiger partial charge is 0.455 e. The fourth-order valence-electron chi connectivity index (χ4n) is 8.13. The number of hydrogen-bond acceptors (Lipinski definition) is 4. The molecule has 0 saturated carbocycles. The Hall–Kier alpha value is -7.69. The molecule has 0 saturated heterocycles. The molecule has 4 heteroatoms. The van der Waals surface area contributed by atoms with Gasteiger partial charge in [0.15, 0.2) is 5.82 Å². The second-order valence-corrected chi connectivity index (χ2v) is 14.3. The van der Waals surface area contributed by atoms with Gasteiger partial charge in [-0.05, 0) is 47.0 Å². The lowest BCUT2D eigenvalue weighted by atomic mass is 9.91. The van der Waals surface area contributed by atoms with Crippen LogP contribution in [0.2, 0.25) is 0 Å². The normalized spacial score (nSPS) is 11.5. The van der Waals surface area contributed by atoms with Crippen molar-refractivity contribution >= 4 is 43.6 Å². The highest BCUT2D eigenvalue weighted by molar-refractivity contribution is 6.30. The van der Waals surface area contributed by atoms with E-state index < -0.39 is 0 Å². The summed E-state index contributed by atoms with van der Waals surface area (Å²) < 4.78 is 6.83. The van der Waals surface area contributed by atoms with Gasteiger partial charge in [0, 0.05) is 54.7 Å². The summed E-state index contributed by atoms with van der Waals surface area (Å²) in [5, 5.41) is 5.47. The number of pyridine rings is 1. The van der Waals surface area contributed by atoms with Crippen molar-refractivity contribution in [1.29, 1.82) is 0 Å². The van der Waals surface area contributed by atoms with Crippen LogP contribution in [-0.2, 0) is 0 Å². The minimum atomic E-state index is 0.652. The summed E-state index contributed by atoms with van der Waals surface area (Å²) in [6.45, 7) is 0. The molecule has 0 aliphatic heterocycles. The summed E-state index contributed by atoms with van der Waals surface area (Å²) >= 11 is 0. The van der Waals surface area contributed by atoms with Crippen LogP contribution in [0.3, 0.4) is 0 Å². The van der Waals surface area contributed by atoms with Crippen molar-refractivity contribution in [2.45, 2.75) is 0 Å². The Morgan fingerprint density at radius 1 is 0.333 bits per heavy atom. The Bertz CT molecular complexity index is 3260. The van der Waals surface area contributed by atoms with Crippen LogP contribution in [0.25, 0.3) is 111 Å². The topological polar surface area (TPSA) is 51.8 Å². The fourth-order valence-corrected chi connectivity index (χ4v) is 8.13. The molecule has 266 valence electrons. The van der Waals surface area contributed by atoms with Gasteiger partial charge in [-0.3, -0.25) is 0 Å². The van der Waals surface area contributed by atoms with Gasteiger partial charge in [-0.2, -0.15) is 0 Å². The number of benzene rings is 8. The lowest BCUT2D eigenvalue weighted by Crippen LogP contribution is -1.96. The standard InChI is InChI=1S/C53H33N3O/c1-4-15-34(16-5-1)35-27-29-37(30-28-35)47-33-46(36-17-6-2-7-18-36)55-53(56-47)40-22-14-21-39(31-40)43-32-44-49(50-42-24-11-13-26-48(42)57-52(43)50)41-23-10-12-25-45(41)54-51(44)38-19-8-3-9-20-38/h1-33H. The lowest BCUT2D eigenvalue weighted by molar-refractivity contribution is 0.670. The minimum Gasteiger partial charge on any atom is -0.455 e. The molecule has 0 aliphatic rings. The zero-order valence-corrected chi connectivity index (χ0v) is 30.8. The quantitative estimate of drug-likeness (QED) is 0.160. The second kappa shape index (κ2) is 13.6. The van der Waals surface area contributed by atoms with E-state index in [0.717, 1.165) is 99.6 Å². The Kier molecular flexibility index (Phi) is 7.78. The van der Waals surface area contributed by atoms with E-state index >= 15 is 0 Å². The highest BCUT2D eigenvalue weighted by atomic mass is 16.3. The Balaban J connectivity index is 1.13. The molecule has 11 aromatic rings. The summed E-state index contributed by atoms with van der Waals surface area (Å²) in [5.74, 6) is 0.652. The van der Waals surface area contributed by atoms with Crippen LogP contribution in [0.4, 0.5) is 0 Å². The molecule has 0 spiro atoms. The van der Waals surface area contributed by atoms with E-state index in [1.165, 1.54) is 5.56 Å². The molecule has 0 amide bonds. The highest BCUT2D eigenvalue weighted by Gasteiger charge is 2.22. The van der Waals surface area contributed by atoms with Gasteiger partial charge in [0.2, 0.25) is 0 Å². The van der Waals surface area contributed by atoms with Crippen LogP contribution in [0, 0.1) is 0 Å². The average Bonchev–Trinajstić information content (AvgIpc) is 3.69. The Morgan fingerprint density at radius 3 is 1.61 bits per heavy atom.